The van der Waals surface area contributed by atoms with Gasteiger partial charge in [-0.3, -0.25) is 4.79 Å². The minimum Gasteiger partial charge on any atom is -0.393 e. The van der Waals surface area contributed by atoms with E-state index >= 15 is 0 Å². The number of carbonyl (C=O) groups excluding carboxylic acids is 1. The smallest absolute Gasteiger partial charge is 0.234 e. The third-order valence-electron chi connectivity index (χ3n) is 3.25. The first-order chi connectivity index (χ1) is 9.14. The van der Waals surface area contributed by atoms with Gasteiger partial charge in [0.1, 0.15) is 0 Å². The number of hydrogen-bond acceptors (Lipinski definition) is 2. The summed E-state index contributed by atoms with van der Waals surface area (Å²) in [6.45, 7) is 10.2. The van der Waals surface area contributed by atoms with E-state index in [0.29, 0.717) is 0 Å². The number of anilines is 1. The molecule has 0 aliphatic rings. The van der Waals surface area contributed by atoms with Crippen LogP contribution in [-0.4, -0.2) is 10.9 Å². The van der Waals surface area contributed by atoms with Crippen LogP contribution in [0, 0.1) is 11.8 Å². The van der Waals surface area contributed by atoms with Gasteiger partial charge >= 0.3 is 0 Å². The summed E-state index contributed by atoms with van der Waals surface area (Å²) in [7, 11) is 0. The van der Waals surface area contributed by atoms with Crippen molar-refractivity contribution in [2.45, 2.75) is 40.0 Å². The second-order valence-electron chi connectivity index (χ2n) is 6.41. The highest BCUT2D eigenvalue weighted by atomic mass is 32.1. The van der Waals surface area contributed by atoms with Gasteiger partial charge in [0.25, 0.3) is 0 Å². The molecule has 0 saturated carbocycles. The lowest BCUT2D eigenvalue weighted by Crippen LogP contribution is -2.37. The van der Waals surface area contributed by atoms with Gasteiger partial charge in [-0.25, -0.2) is 0 Å². The average molecular weight is 292 g/mol. The first kappa shape index (κ1) is 16.6. The summed E-state index contributed by atoms with van der Waals surface area (Å²) >= 11 is 5.01. The summed E-state index contributed by atoms with van der Waals surface area (Å²) < 4.78 is 0. The summed E-state index contributed by atoms with van der Waals surface area (Å²) in [5.41, 5.74) is 7.57. The van der Waals surface area contributed by atoms with Gasteiger partial charge in [-0.1, -0.05) is 65.0 Å². The maximum Gasteiger partial charge on any atom is 0.234 e. The number of thiocarbonyl (C=S) groups is 1. The molecule has 0 saturated heterocycles. The van der Waals surface area contributed by atoms with Crippen molar-refractivity contribution in [2.24, 2.45) is 17.6 Å². The van der Waals surface area contributed by atoms with Crippen LogP contribution in [0.15, 0.2) is 24.3 Å². The molecule has 0 spiro atoms. The van der Waals surface area contributed by atoms with Gasteiger partial charge in [-0.15, -0.1) is 0 Å². The third kappa shape index (κ3) is 4.04. The van der Waals surface area contributed by atoms with Gasteiger partial charge < -0.3 is 11.1 Å². The zero-order chi connectivity index (χ0) is 15.5. The SMILES string of the molecule is CC(C)C(C(=O)Nc1ccccc1C(C)(C)C)C(N)=S. The van der Waals surface area contributed by atoms with E-state index in [9.17, 15) is 4.79 Å². The van der Waals surface area contributed by atoms with Crippen LogP contribution in [0.4, 0.5) is 5.69 Å². The van der Waals surface area contributed by atoms with Gasteiger partial charge in [-0.2, -0.15) is 0 Å². The van der Waals surface area contributed by atoms with E-state index in [2.05, 4.69) is 26.1 Å². The fraction of sp³-hybridized carbons (Fsp3) is 0.500. The largest absolute Gasteiger partial charge is 0.393 e. The number of nitrogens with one attached hydrogen (secondary N) is 1. The van der Waals surface area contributed by atoms with Crippen LogP contribution >= 0.6 is 12.2 Å². The molecule has 3 N–H and O–H groups in total. The highest BCUT2D eigenvalue weighted by Crippen LogP contribution is 2.29. The summed E-state index contributed by atoms with van der Waals surface area (Å²) in [6.07, 6.45) is 0. The summed E-state index contributed by atoms with van der Waals surface area (Å²) in [5, 5.41) is 2.97. The number of para-hydroxylation sites is 1. The van der Waals surface area contributed by atoms with Crippen LogP contribution in [0.5, 0.6) is 0 Å². The molecule has 0 aromatic heterocycles. The Bertz CT molecular complexity index is 503. The van der Waals surface area contributed by atoms with Crippen LogP contribution in [0.2, 0.25) is 0 Å². The number of amides is 1. The van der Waals surface area contributed by atoms with E-state index in [0.717, 1.165) is 11.3 Å². The average Bonchev–Trinajstić information content (AvgIpc) is 2.26. The minimum atomic E-state index is -0.446. The lowest BCUT2D eigenvalue weighted by Gasteiger charge is -2.25. The lowest BCUT2D eigenvalue weighted by atomic mass is 9.85. The molecule has 3 nitrogen and oxygen atoms in total. The Labute approximate surface area is 126 Å². The lowest BCUT2D eigenvalue weighted by molar-refractivity contribution is -0.118. The topological polar surface area (TPSA) is 55.1 Å². The Kier molecular flexibility index (Phi) is 5.28. The molecule has 1 amide bonds. The van der Waals surface area contributed by atoms with Crippen molar-refractivity contribution >= 4 is 28.8 Å². The molecule has 0 radical (unpaired) electrons. The molecule has 110 valence electrons. The molecule has 0 fully saturated rings. The van der Waals surface area contributed by atoms with E-state index in [1.165, 1.54) is 0 Å². The zero-order valence-electron chi connectivity index (χ0n) is 12.9. The van der Waals surface area contributed by atoms with Crippen molar-refractivity contribution in [3.63, 3.8) is 0 Å². The molecule has 0 aliphatic heterocycles. The van der Waals surface area contributed by atoms with Gasteiger partial charge in [0, 0.05) is 5.69 Å². The number of carbonyl (C=O) groups is 1. The van der Waals surface area contributed by atoms with E-state index in [1.807, 2.05) is 38.1 Å². The monoisotopic (exact) mass is 292 g/mol. The fourth-order valence-electron chi connectivity index (χ4n) is 2.22. The molecule has 1 aromatic carbocycles. The van der Waals surface area contributed by atoms with Crippen LogP contribution in [-0.2, 0) is 10.2 Å². The molecular formula is C16H24N2OS. The summed E-state index contributed by atoms with van der Waals surface area (Å²) in [6, 6.07) is 7.83. The Morgan fingerprint density at radius 2 is 1.80 bits per heavy atom. The molecule has 1 unspecified atom stereocenters. The molecular weight excluding hydrogens is 268 g/mol. The van der Waals surface area contributed by atoms with Crippen molar-refractivity contribution in [2.75, 3.05) is 5.32 Å². The fourth-order valence-corrected chi connectivity index (χ4v) is 2.60. The Morgan fingerprint density at radius 3 is 2.25 bits per heavy atom. The molecule has 0 aliphatic carbocycles. The van der Waals surface area contributed by atoms with E-state index in [1.54, 1.807) is 0 Å². The Morgan fingerprint density at radius 1 is 1.25 bits per heavy atom. The third-order valence-corrected chi connectivity index (χ3v) is 3.50. The van der Waals surface area contributed by atoms with Crippen molar-refractivity contribution in [1.82, 2.24) is 0 Å². The first-order valence-corrected chi connectivity index (χ1v) is 7.25. The maximum absolute atomic E-state index is 12.4. The second-order valence-corrected chi connectivity index (χ2v) is 6.88. The molecule has 20 heavy (non-hydrogen) atoms. The predicted molar refractivity (Wildman–Crippen MR) is 88.9 cm³/mol. The standard InChI is InChI=1S/C16H24N2OS/c1-10(2)13(14(17)20)15(19)18-12-9-7-6-8-11(12)16(3,4)5/h6-10,13H,1-5H3,(H2,17,20)(H,18,19). The molecule has 0 bridgehead atoms. The molecule has 0 heterocycles. The van der Waals surface area contributed by atoms with Crippen LogP contribution in [0.25, 0.3) is 0 Å². The zero-order valence-corrected chi connectivity index (χ0v) is 13.7. The van der Waals surface area contributed by atoms with Gasteiger partial charge in [0.05, 0.1) is 10.9 Å². The van der Waals surface area contributed by atoms with Gasteiger partial charge in [-0.05, 0) is 23.0 Å². The van der Waals surface area contributed by atoms with E-state index in [-0.39, 0.29) is 22.2 Å². The number of hydrogen-bond donors (Lipinski definition) is 2. The van der Waals surface area contributed by atoms with Crippen molar-refractivity contribution in [3.05, 3.63) is 29.8 Å². The first-order valence-electron chi connectivity index (χ1n) is 6.84. The van der Waals surface area contributed by atoms with E-state index < -0.39 is 5.92 Å². The summed E-state index contributed by atoms with van der Waals surface area (Å²) in [4.78, 5) is 12.6. The van der Waals surface area contributed by atoms with Crippen molar-refractivity contribution < 1.29 is 4.79 Å². The number of rotatable bonds is 4. The number of nitrogens with two attached hydrogens (primary N) is 1. The Balaban J connectivity index is 3.05. The van der Waals surface area contributed by atoms with Crippen LogP contribution in [0.1, 0.15) is 40.2 Å². The predicted octanol–water partition coefficient (Wildman–Crippen LogP) is 3.48. The van der Waals surface area contributed by atoms with Crippen LogP contribution in [0.3, 0.4) is 0 Å². The molecule has 4 heteroatoms. The minimum absolute atomic E-state index is 0.0412. The van der Waals surface area contributed by atoms with E-state index in [4.69, 9.17) is 18.0 Å². The maximum atomic E-state index is 12.4. The quantitative estimate of drug-likeness (QED) is 0.835. The van der Waals surface area contributed by atoms with Gasteiger partial charge in [0.15, 0.2) is 0 Å². The molecule has 1 aromatic rings. The highest BCUT2D eigenvalue weighted by molar-refractivity contribution is 7.80. The highest BCUT2D eigenvalue weighted by Gasteiger charge is 2.26. The second kappa shape index (κ2) is 6.35. The normalized spacial score (nSPS) is 13.1. The van der Waals surface area contributed by atoms with Crippen LogP contribution < -0.4 is 11.1 Å². The Hall–Kier alpha value is -1.42. The van der Waals surface area contributed by atoms with Crippen molar-refractivity contribution in [1.29, 1.82) is 0 Å². The summed E-state index contributed by atoms with van der Waals surface area (Å²) in [5.74, 6) is -0.503. The molecule has 1 atom stereocenters. The number of benzene rings is 1. The van der Waals surface area contributed by atoms with Crippen molar-refractivity contribution in [3.8, 4) is 0 Å². The molecule has 1 rings (SSSR count). The van der Waals surface area contributed by atoms with Gasteiger partial charge in [0.2, 0.25) is 5.91 Å².